The van der Waals surface area contributed by atoms with Crippen molar-refractivity contribution in [3.8, 4) is 0 Å². The fourth-order valence-electron chi connectivity index (χ4n) is 0. The molecule has 0 amide bonds. The van der Waals surface area contributed by atoms with Gasteiger partial charge in [-0.2, -0.15) is 0 Å². The maximum atomic E-state index is 0. The quantitative estimate of drug-likeness (QED) is 0.325. The van der Waals surface area contributed by atoms with Crippen LogP contribution >= 0.6 is 0 Å². The molecule has 0 aliphatic rings. The second kappa shape index (κ2) is 181. The molecule has 4 radical (unpaired) electrons. The van der Waals surface area contributed by atoms with Gasteiger partial charge in [0.05, 0.1) is 0 Å². The summed E-state index contributed by atoms with van der Waals surface area (Å²) >= 11 is 0. The zero-order valence-electron chi connectivity index (χ0n) is 4.42. The first-order chi connectivity index (χ1) is 0. The van der Waals surface area contributed by atoms with Gasteiger partial charge in [-0.25, -0.2) is 0 Å². The molecule has 0 aliphatic carbocycles. The van der Waals surface area contributed by atoms with E-state index in [2.05, 4.69) is 0 Å². The summed E-state index contributed by atoms with van der Waals surface area (Å²) in [7, 11) is 0. The molecule has 0 aromatic rings. The summed E-state index contributed by atoms with van der Waals surface area (Å²) in [6, 6.07) is 0. The fourth-order valence-corrected chi connectivity index (χ4v) is 0. The van der Waals surface area contributed by atoms with E-state index in [0.29, 0.717) is 0 Å². The molecule has 0 rings (SSSR count). The summed E-state index contributed by atoms with van der Waals surface area (Å²) in [6.45, 7) is 0. The van der Waals surface area contributed by atoms with Crippen molar-refractivity contribution in [1.29, 1.82) is 0 Å². The first kappa shape index (κ1) is 227. The van der Waals surface area contributed by atoms with Gasteiger partial charge in [-0.05, 0) is 0 Å². The normalized spacial score (nSPS) is 0. The molecule has 0 saturated heterocycles. The van der Waals surface area contributed by atoms with Crippen molar-refractivity contribution in [3.05, 3.63) is 0 Å². The van der Waals surface area contributed by atoms with E-state index in [-0.39, 0.29) is 140 Å². The Kier molecular flexibility index (Phi) is 3740. The third kappa shape index (κ3) is 153. The monoisotopic (exact) mass is 668 g/mol. The van der Waals surface area contributed by atoms with Crippen LogP contribution in [-0.2, 0) is 140 Å². The molecule has 0 fully saturated rings. The summed E-state index contributed by atoms with van der Waals surface area (Å²) in [5, 5.41) is 0. The molecule has 80 valence electrons. The molecule has 11 heteroatoms. The smallest absolute Gasteiger partial charge is 0 e. The summed E-state index contributed by atoms with van der Waals surface area (Å²) in [5.74, 6) is 0. The van der Waals surface area contributed by atoms with Crippen LogP contribution in [0.1, 0.15) is 0 Å². The van der Waals surface area contributed by atoms with E-state index >= 15 is 0 Å². The van der Waals surface area contributed by atoms with Crippen molar-refractivity contribution in [2.24, 2.45) is 0 Å². The van der Waals surface area contributed by atoms with Crippen LogP contribution in [0.15, 0.2) is 0 Å². The Bertz CT molecular complexity index is 20.4. The second-order valence-corrected chi connectivity index (χ2v) is 0. The molecular formula is Co2O5V2W2-10. The molecule has 0 aromatic carbocycles. The van der Waals surface area contributed by atoms with Gasteiger partial charge in [-0.1, -0.05) is 0 Å². The molecule has 0 aliphatic heterocycles. The van der Waals surface area contributed by atoms with Crippen molar-refractivity contribution < 1.29 is 140 Å². The Balaban J connectivity index is 0. The molecule has 11 heavy (non-hydrogen) atoms. The van der Waals surface area contributed by atoms with Gasteiger partial charge in [0.25, 0.3) is 0 Å². The van der Waals surface area contributed by atoms with Crippen molar-refractivity contribution in [2.75, 3.05) is 0 Å². The molecule has 0 atom stereocenters. The predicted octanol–water partition coefficient (Wildman–Crippen LogP) is -0.609. The minimum absolute atomic E-state index is 0. The molecular weight excluding hydrogens is 667 g/mol. The van der Waals surface area contributed by atoms with Gasteiger partial charge >= 0.3 is 0 Å². The SMILES string of the molecule is [Co].[Co].[O-2].[O-2].[O-2].[O-2].[O-2].[V].[V].[W].[W]. The Hall–Kier alpha value is 3.36. The summed E-state index contributed by atoms with van der Waals surface area (Å²) in [4.78, 5) is 0. The Morgan fingerprint density at radius 1 is 0.364 bits per heavy atom. The zero-order valence-corrected chi connectivity index (χ0v) is 15.2. The average molecular weight is 667 g/mol. The molecule has 0 N–H and O–H groups in total. The van der Waals surface area contributed by atoms with E-state index in [1.54, 1.807) is 0 Å². The van der Waals surface area contributed by atoms with Crippen LogP contribution in [0.3, 0.4) is 0 Å². The number of hydrogen-bond donors (Lipinski definition) is 0. The Morgan fingerprint density at radius 3 is 0.364 bits per heavy atom. The minimum Gasteiger partial charge on any atom is -2.00 e. The van der Waals surface area contributed by atoms with E-state index in [9.17, 15) is 0 Å². The van der Waals surface area contributed by atoms with Gasteiger partial charge in [0, 0.05) is 113 Å². The fraction of sp³-hybridized carbons (Fsp3) is 0. The summed E-state index contributed by atoms with van der Waals surface area (Å²) < 4.78 is 0. The third-order valence-electron chi connectivity index (χ3n) is 0. The van der Waals surface area contributed by atoms with Crippen LogP contribution < -0.4 is 0 Å². The van der Waals surface area contributed by atoms with Crippen molar-refractivity contribution in [2.45, 2.75) is 0 Å². The largest absolute Gasteiger partial charge is 2.00 e. The molecule has 0 heterocycles. The predicted molar refractivity (Wildman–Crippen MR) is 3.43 cm³/mol. The molecule has 0 aromatic heterocycles. The van der Waals surface area contributed by atoms with Gasteiger partial charge < -0.3 is 27.4 Å². The van der Waals surface area contributed by atoms with Gasteiger partial charge in [0.1, 0.15) is 0 Å². The van der Waals surface area contributed by atoms with Gasteiger partial charge in [0.15, 0.2) is 0 Å². The van der Waals surface area contributed by atoms with Crippen molar-refractivity contribution in [1.82, 2.24) is 0 Å². The maximum Gasteiger partial charge on any atom is 0 e. The zero-order chi connectivity index (χ0) is 0. The van der Waals surface area contributed by atoms with Gasteiger partial charge in [-0.3, -0.25) is 0 Å². The number of hydrogen-bond acceptors (Lipinski definition) is 0. The molecule has 0 spiro atoms. The van der Waals surface area contributed by atoms with Crippen LogP contribution in [0.25, 0.3) is 0 Å². The van der Waals surface area contributed by atoms with Gasteiger partial charge in [0.2, 0.25) is 0 Å². The topological polar surface area (TPSA) is 142 Å². The molecule has 5 nitrogen and oxygen atoms in total. The van der Waals surface area contributed by atoms with E-state index in [0.717, 1.165) is 0 Å². The first-order valence-electron chi connectivity index (χ1n) is 0. The summed E-state index contributed by atoms with van der Waals surface area (Å²) in [6.07, 6.45) is 0. The summed E-state index contributed by atoms with van der Waals surface area (Å²) in [5.41, 5.74) is 0. The molecule has 0 saturated carbocycles. The van der Waals surface area contributed by atoms with E-state index in [4.69, 9.17) is 0 Å². The Morgan fingerprint density at radius 2 is 0.364 bits per heavy atom. The Labute approximate surface area is 138 Å². The van der Waals surface area contributed by atoms with E-state index in [1.165, 1.54) is 0 Å². The van der Waals surface area contributed by atoms with Gasteiger partial charge in [-0.15, -0.1) is 0 Å². The number of rotatable bonds is 0. The third-order valence-corrected chi connectivity index (χ3v) is 0. The van der Waals surface area contributed by atoms with E-state index in [1.807, 2.05) is 0 Å². The first-order valence-corrected chi connectivity index (χ1v) is 0. The standard InChI is InChI=1S/2Co.5O.2V.2W/q;;5*-2;;;;. The maximum absolute atomic E-state index is 0. The van der Waals surface area contributed by atoms with Crippen LogP contribution in [0.5, 0.6) is 0 Å². The van der Waals surface area contributed by atoms with Crippen LogP contribution in [0, 0.1) is 0 Å². The second-order valence-electron chi connectivity index (χ2n) is 0. The van der Waals surface area contributed by atoms with E-state index < -0.39 is 0 Å². The van der Waals surface area contributed by atoms with Crippen LogP contribution in [0.4, 0.5) is 0 Å². The van der Waals surface area contributed by atoms with Crippen LogP contribution in [-0.4, -0.2) is 0 Å². The van der Waals surface area contributed by atoms with Crippen molar-refractivity contribution >= 4 is 0 Å². The molecule has 0 unspecified atom stereocenters. The average Bonchev–Trinajstić information content (AvgIpc) is 0. The molecule has 0 bridgehead atoms. The van der Waals surface area contributed by atoms with Crippen molar-refractivity contribution in [3.63, 3.8) is 0 Å². The minimum atomic E-state index is 0. The van der Waals surface area contributed by atoms with Crippen LogP contribution in [0.2, 0.25) is 0 Å².